The standard InChI is InChI=1S/C18H18N4O7/c1-28-17-11-13(22(26)27)2-4-15(17)19-18(23)14-10-12(21(24)25)3-5-16(14)20-6-8-29-9-7-20/h2-5,10-11H,6-9H2,1H3,(H,19,23). The Hall–Kier alpha value is -3.73. The molecule has 0 aliphatic carbocycles. The molecule has 2 aromatic carbocycles. The molecule has 3 rings (SSSR count). The quantitative estimate of drug-likeness (QED) is 0.575. The number of ether oxygens (including phenoxy) is 2. The largest absolute Gasteiger partial charge is 0.494 e. The molecular weight excluding hydrogens is 384 g/mol. The summed E-state index contributed by atoms with van der Waals surface area (Å²) in [6, 6.07) is 7.85. The van der Waals surface area contributed by atoms with Crippen molar-refractivity contribution in [3.63, 3.8) is 0 Å². The minimum Gasteiger partial charge on any atom is -0.494 e. The van der Waals surface area contributed by atoms with Gasteiger partial charge in [0.05, 0.1) is 53.2 Å². The fraction of sp³-hybridized carbons (Fsp3) is 0.278. The smallest absolute Gasteiger partial charge is 0.273 e. The first-order valence-electron chi connectivity index (χ1n) is 8.65. The Bertz CT molecular complexity index is 957. The van der Waals surface area contributed by atoms with E-state index in [9.17, 15) is 25.0 Å². The maximum absolute atomic E-state index is 13.0. The van der Waals surface area contributed by atoms with Crippen molar-refractivity contribution in [1.29, 1.82) is 0 Å². The van der Waals surface area contributed by atoms with Crippen molar-refractivity contribution in [1.82, 2.24) is 0 Å². The third-order valence-electron chi connectivity index (χ3n) is 4.43. The molecule has 0 bridgehead atoms. The number of carbonyl (C=O) groups excluding carboxylic acids is 1. The van der Waals surface area contributed by atoms with Crippen LogP contribution in [-0.4, -0.2) is 49.2 Å². The summed E-state index contributed by atoms with van der Waals surface area (Å²) >= 11 is 0. The molecule has 152 valence electrons. The van der Waals surface area contributed by atoms with E-state index in [2.05, 4.69) is 5.32 Å². The number of carbonyl (C=O) groups is 1. The van der Waals surface area contributed by atoms with Crippen LogP contribution in [0.25, 0.3) is 0 Å². The number of hydrogen-bond acceptors (Lipinski definition) is 8. The van der Waals surface area contributed by atoms with Gasteiger partial charge in [0, 0.05) is 31.3 Å². The second-order valence-electron chi connectivity index (χ2n) is 6.15. The first kappa shape index (κ1) is 20.0. The van der Waals surface area contributed by atoms with Gasteiger partial charge in [-0.3, -0.25) is 25.0 Å². The van der Waals surface area contributed by atoms with Crippen molar-refractivity contribution < 1.29 is 24.1 Å². The van der Waals surface area contributed by atoms with E-state index in [0.717, 1.165) is 0 Å². The Morgan fingerprint density at radius 2 is 1.69 bits per heavy atom. The SMILES string of the molecule is COc1cc([N+](=O)[O-])ccc1NC(=O)c1cc([N+](=O)[O-])ccc1N1CCOCC1. The predicted molar refractivity (Wildman–Crippen MR) is 104 cm³/mol. The number of nitro groups is 2. The average Bonchev–Trinajstić information content (AvgIpc) is 2.73. The summed E-state index contributed by atoms with van der Waals surface area (Å²) in [5, 5.41) is 24.7. The van der Waals surface area contributed by atoms with Gasteiger partial charge in [-0.15, -0.1) is 0 Å². The van der Waals surface area contributed by atoms with Crippen molar-refractivity contribution in [3.05, 3.63) is 62.2 Å². The van der Waals surface area contributed by atoms with E-state index in [1.54, 1.807) is 0 Å². The van der Waals surface area contributed by atoms with Crippen molar-refractivity contribution in [2.45, 2.75) is 0 Å². The second-order valence-corrected chi connectivity index (χ2v) is 6.15. The molecule has 0 unspecified atom stereocenters. The molecule has 1 heterocycles. The molecule has 0 saturated carbocycles. The molecule has 29 heavy (non-hydrogen) atoms. The molecule has 0 radical (unpaired) electrons. The lowest BCUT2D eigenvalue weighted by atomic mass is 10.1. The first-order valence-corrected chi connectivity index (χ1v) is 8.65. The molecule has 11 nitrogen and oxygen atoms in total. The van der Waals surface area contributed by atoms with Gasteiger partial charge < -0.3 is 19.7 Å². The average molecular weight is 402 g/mol. The number of methoxy groups -OCH3 is 1. The molecule has 1 aliphatic heterocycles. The number of nitrogens with one attached hydrogen (secondary N) is 1. The number of nitro benzene ring substituents is 2. The van der Waals surface area contributed by atoms with Crippen LogP contribution in [0.15, 0.2) is 36.4 Å². The van der Waals surface area contributed by atoms with E-state index in [-0.39, 0.29) is 28.4 Å². The number of amides is 1. The van der Waals surface area contributed by atoms with Crippen LogP contribution in [0.3, 0.4) is 0 Å². The van der Waals surface area contributed by atoms with Gasteiger partial charge in [0.15, 0.2) is 0 Å². The highest BCUT2D eigenvalue weighted by Crippen LogP contribution is 2.31. The van der Waals surface area contributed by atoms with E-state index in [1.165, 1.54) is 43.5 Å². The highest BCUT2D eigenvalue weighted by Gasteiger charge is 2.23. The molecule has 11 heteroatoms. The molecule has 1 N–H and O–H groups in total. The topological polar surface area (TPSA) is 137 Å². The van der Waals surface area contributed by atoms with Gasteiger partial charge in [0.1, 0.15) is 5.75 Å². The van der Waals surface area contributed by atoms with Crippen LogP contribution in [0, 0.1) is 20.2 Å². The normalized spacial score (nSPS) is 13.6. The Morgan fingerprint density at radius 1 is 1.07 bits per heavy atom. The van der Waals surface area contributed by atoms with Gasteiger partial charge in [-0.25, -0.2) is 0 Å². The second kappa shape index (κ2) is 8.52. The van der Waals surface area contributed by atoms with Gasteiger partial charge in [-0.05, 0) is 12.1 Å². The van der Waals surface area contributed by atoms with E-state index < -0.39 is 15.8 Å². The van der Waals surface area contributed by atoms with Gasteiger partial charge in [0.25, 0.3) is 17.3 Å². The molecule has 1 saturated heterocycles. The van der Waals surface area contributed by atoms with Crippen molar-refractivity contribution in [2.75, 3.05) is 43.6 Å². The Morgan fingerprint density at radius 3 is 2.31 bits per heavy atom. The fourth-order valence-electron chi connectivity index (χ4n) is 2.99. The molecule has 1 amide bonds. The number of morpholine rings is 1. The van der Waals surface area contributed by atoms with Crippen LogP contribution < -0.4 is 15.0 Å². The summed E-state index contributed by atoms with van der Waals surface area (Å²) in [4.78, 5) is 35.8. The third kappa shape index (κ3) is 4.41. The molecule has 2 aromatic rings. The van der Waals surface area contributed by atoms with E-state index in [4.69, 9.17) is 9.47 Å². The molecule has 1 aliphatic rings. The molecular formula is C18H18N4O7. The zero-order chi connectivity index (χ0) is 21.0. The summed E-state index contributed by atoms with van der Waals surface area (Å²) in [7, 11) is 1.32. The van der Waals surface area contributed by atoms with Crippen LogP contribution in [0.2, 0.25) is 0 Å². The highest BCUT2D eigenvalue weighted by molar-refractivity contribution is 6.09. The minimum absolute atomic E-state index is 0.103. The lowest BCUT2D eigenvalue weighted by Gasteiger charge is -2.30. The molecule has 1 fully saturated rings. The monoisotopic (exact) mass is 402 g/mol. The number of non-ortho nitro benzene ring substituents is 2. The number of rotatable bonds is 6. The van der Waals surface area contributed by atoms with Gasteiger partial charge in [-0.1, -0.05) is 0 Å². The van der Waals surface area contributed by atoms with Gasteiger partial charge in [0.2, 0.25) is 0 Å². The number of nitrogens with zero attached hydrogens (tertiary/aromatic N) is 3. The van der Waals surface area contributed by atoms with Crippen LogP contribution >= 0.6 is 0 Å². The molecule has 0 spiro atoms. The van der Waals surface area contributed by atoms with Gasteiger partial charge in [-0.2, -0.15) is 0 Å². The minimum atomic E-state index is -0.595. The van der Waals surface area contributed by atoms with E-state index in [0.29, 0.717) is 32.0 Å². The van der Waals surface area contributed by atoms with Crippen LogP contribution in [0.4, 0.5) is 22.7 Å². The predicted octanol–water partition coefficient (Wildman–Crippen LogP) is 2.60. The Balaban J connectivity index is 1.96. The van der Waals surface area contributed by atoms with Crippen LogP contribution in [-0.2, 0) is 4.74 Å². The lowest BCUT2D eigenvalue weighted by molar-refractivity contribution is -0.385. The summed E-state index contributed by atoms with van der Waals surface area (Å²) in [5.41, 5.74) is 0.452. The summed E-state index contributed by atoms with van der Waals surface area (Å²) in [6.07, 6.45) is 0. The van der Waals surface area contributed by atoms with E-state index in [1.807, 2.05) is 4.90 Å². The number of anilines is 2. The van der Waals surface area contributed by atoms with Crippen molar-refractivity contribution in [2.24, 2.45) is 0 Å². The van der Waals surface area contributed by atoms with E-state index >= 15 is 0 Å². The van der Waals surface area contributed by atoms with Crippen molar-refractivity contribution in [3.8, 4) is 5.75 Å². The Labute approximate surface area is 165 Å². The summed E-state index contributed by atoms with van der Waals surface area (Å²) in [5.74, 6) is -0.492. The summed E-state index contributed by atoms with van der Waals surface area (Å²) < 4.78 is 10.4. The number of benzene rings is 2. The molecule has 0 atom stereocenters. The summed E-state index contributed by atoms with van der Waals surface area (Å²) in [6.45, 7) is 2.04. The first-order chi connectivity index (χ1) is 13.9. The maximum atomic E-state index is 13.0. The van der Waals surface area contributed by atoms with Crippen molar-refractivity contribution >= 4 is 28.7 Å². The van der Waals surface area contributed by atoms with Gasteiger partial charge >= 0.3 is 0 Å². The Kier molecular flexibility index (Phi) is 5.88. The van der Waals surface area contributed by atoms with Crippen LogP contribution in [0.5, 0.6) is 5.75 Å². The number of hydrogen-bond donors (Lipinski definition) is 1. The fourth-order valence-corrected chi connectivity index (χ4v) is 2.99. The lowest BCUT2D eigenvalue weighted by Crippen LogP contribution is -2.37. The maximum Gasteiger partial charge on any atom is 0.273 e. The third-order valence-corrected chi connectivity index (χ3v) is 4.43. The van der Waals surface area contributed by atoms with Crippen LogP contribution in [0.1, 0.15) is 10.4 Å². The molecule has 0 aromatic heterocycles. The zero-order valence-corrected chi connectivity index (χ0v) is 15.5. The highest BCUT2D eigenvalue weighted by atomic mass is 16.6. The zero-order valence-electron chi connectivity index (χ0n) is 15.5.